The molecule has 4 atom stereocenters. The average Bonchev–Trinajstić information content (AvgIpc) is 3.67. The van der Waals surface area contributed by atoms with E-state index in [-0.39, 0.29) is 42.9 Å². The molecule has 5 amide bonds. The fraction of sp³-hybridized carbons (Fsp3) is 0.519. The molecule has 3 aliphatic heterocycles. The van der Waals surface area contributed by atoms with E-state index < -0.39 is 35.4 Å². The first-order valence-electron chi connectivity index (χ1n) is 24.8. The van der Waals surface area contributed by atoms with Gasteiger partial charge in [0.2, 0.25) is 11.8 Å². The van der Waals surface area contributed by atoms with Crippen molar-refractivity contribution in [2.75, 3.05) is 73.6 Å². The number of hydrazine groups is 1. The van der Waals surface area contributed by atoms with Gasteiger partial charge in [-0.15, -0.1) is 0 Å². The lowest BCUT2D eigenvalue weighted by molar-refractivity contribution is -0.155. The maximum Gasteiger partial charge on any atom is 0.324 e. The Bertz CT molecular complexity index is 2560. The molecule has 0 aliphatic carbocycles. The topological polar surface area (TPSA) is 162 Å². The van der Waals surface area contributed by atoms with Crippen molar-refractivity contribution < 1.29 is 33.4 Å². The number of nitrogens with one attached hydrogen (secondary N) is 2. The smallest absolute Gasteiger partial charge is 0.324 e. The molecule has 5 heterocycles. The van der Waals surface area contributed by atoms with Crippen molar-refractivity contribution in [3.8, 4) is 22.4 Å². The number of esters is 1. The normalized spacial score (nSPS) is 19.8. The second kappa shape index (κ2) is 22.3. The standard InChI is InChI=1S/C54H73N9O7/c1-11-46(64)58(8)24-25-60-26-28-61(29-27-60)53(68)59(9)48(35(3)4)50(65)56-44-31-37-16-13-17-38(30-37)39-20-21-45-41(32-39)42(49(62(45)12-2)40-18-14-22-55-47(40)36(5)69-10)33-54(6,7)34-70-52(67)43-19-15-23-63(57-43)51(44)66/h11,13-14,16-18,20-22,30,32,35-36,43-44,48,57H,1,12,15,19,23-29,31,33-34H2,2-10H3,(H,56,65)/t36-,43-,44-,48?/m0/s1. The molecule has 3 aliphatic rings. The first-order valence-corrected chi connectivity index (χ1v) is 24.8. The summed E-state index contributed by atoms with van der Waals surface area (Å²) in [6.45, 7) is 20.3. The Morgan fingerprint density at radius 3 is 2.46 bits per heavy atom. The molecular formula is C54H73N9O7. The molecule has 0 radical (unpaired) electrons. The van der Waals surface area contributed by atoms with Gasteiger partial charge in [-0.1, -0.05) is 64.6 Å². The molecule has 0 saturated carbocycles. The van der Waals surface area contributed by atoms with E-state index in [2.05, 4.69) is 84.0 Å². The van der Waals surface area contributed by atoms with Crippen LogP contribution in [0.1, 0.15) is 77.3 Å². The van der Waals surface area contributed by atoms with Gasteiger partial charge in [-0.3, -0.25) is 34.1 Å². The van der Waals surface area contributed by atoms with Crippen LogP contribution in [0.25, 0.3) is 33.3 Å². The molecule has 4 aromatic rings. The first kappa shape index (κ1) is 51.7. The quantitative estimate of drug-likeness (QED) is 0.126. The molecule has 2 aromatic heterocycles. The molecule has 2 N–H and O–H groups in total. The third kappa shape index (κ3) is 11.4. The van der Waals surface area contributed by atoms with E-state index in [1.807, 2.05) is 39.0 Å². The van der Waals surface area contributed by atoms with E-state index >= 15 is 0 Å². The summed E-state index contributed by atoms with van der Waals surface area (Å²) in [5.74, 6) is -1.71. The highest BCUT2D eigenvalue weighted by molar-refractivity contribution is 5.96. The lowest BCUT2D eigenvalue weighted by Gasteiger charge is -2.40. The number of aromatic nitrogens is 2. The number of likely N-dealkylation sites (N-methyl/N-ethyl adjacent to an activating group) is 2. The van der Waals surface area contributed by atoms with Crippen LogP contribution in [0.4, 0.5) is 4.79 Å². The van der Waals surface area contributed by atoms with Crippen molar-refractivity contribution in [2.45, 2.75) is 98.0 Å². The van der Waals surface area contributed by atoms with Gasteiger partial charge in [0.25, 0.3) is 5.91 Å². The molecule has 7 rings (SSSR count). The Hall–Kier alpha value is -6.10. The number of pyridine rings is 1. The molecule has 2 aromatic carbocycles. The highest BCUT2D eigenvalue weighted by Gasteiger charge is 2.39. The van der Waals surface area contributed by atoms with Gasteiger partial charge in [0.05, 0.1) is 24.1 Å². The predicted octanol–water partition coefficient (Wildman–Crippen LogP) is 6.08. The molecule has 70 heavy (non-hydrogen) atoms. The summed E-state index contributed by atoms with van der Waals surface area (Å²) >= 11 is 0. The molecule has 2 saturated heterocycles. The molecule has 6 bridgehead atoms. The number of benzene rings is 2. The number of aryl methyl sites for hydroxylation is 1. The lowest BCUT2D eigenvalue weighted by Crippen LogP contribution is -2.63. The van der Waals surface area contributed by atoms with Crippen LogP contribution in [-0.4, -0.2) is 156 Å². The largest absolute Gasteiger partial charge is 0.464 e. The fourth-order valence-corrected chi connectivity index (χ4v) is 10.2. The number of carbonyl (C=O) groups excluding carboxylic acids is 5. The number of fused-ring (bicyclic) bond motifs is 6. The Balaban J connectivity index is 1.21. The number of ether oxygens (including phenoxy) is 2. The number of hydrogen-bond acceptors (Lipinski definition) is 10. The van der Waals surface area contributed by atoms with Gasteiger partial charge in [-0.05, 0) is 91.6 Å². The summed E-state index contributed by atoms with van der Waals surface area (Å²) in [6, 6.07) is 15.7. The highest BCUT2D eigenvalue weighted by atomic mass is 16.5. The van der Waals surface area contributed by atoms with Crippen LogP contribution in [0.15, 0.2) is 73.4 Å². The summed E-state index contributed by atoms with van der Waals surface area (Å²) < 4.78 is 14.3. The van der Waals surface area contributed by atoms with Gasteiger partial charge in [0.15, 0.2) is 0 Å². The van der Waals surface area contributed by atoms with E-state index in [0.29, 0.717) is 71.6 Å². The SMILES string of the molecule is C=CC(=O)N(C)CCN1CCN(C(=O)N(C)C(C(=O)N[C@H]2Cc3cccc(c3)-c3ccc4c(c3)c(c(-c3cccnc3[C@H](C)OC)n4CC)CC(C)(C)COC(=O)[C@@H]3CCCN(N3)C2=O)C(C)C)CC1. The minimum absolute atomic E-state index is 0.138. The van der Waals surface area contributed by atoms with Gasteiger partial charge in [0, 0.05) is 108 Å². The molecule has 376 valence electrons. The number of hydrogen-bond donors (Lipinski definition) is 2. The number of piperazine rings is 1. The van der Waals surface area contributed by atoms with Crippen LogP contribution in [-0.2, 0) is 48.0 Å². The van der Waals surface area contributed by atoms with Gasteiger partial charge < -0.3 is 34.1 Å². The Morgan fingerprint density at radius 1 is 1.01 bits per heavy atom. The molecule has 2 fully saturated rings. The Kier molecular flexibility index (Phi) is 16.5. The average molecular weight is 960 g/mol. The van der Waals surface area contributed by atoms with Gasteiger partial charge in [0.1, 0.15) is 18.1 Å². The van der Waals surface area contributed by atoms with Crippen LogP contribution < -0.4 is 10.7 Å². The molecule has 0 spiro atoms. The van der Waals surface area contributed by atoms with E-state index in [1.165, 1.54) is 16.0 Å². The van der Waals surface area contributed by atoms with Crippen LogP contribution in [0.5, 0.6) is 0 Å². The molecule has 1 unspecified atom stereocenters. The van der Waals surface area contributed by atoms with Gasteiger partial charge >= 0.3 is 12.0 Å². The van der Waals surface area contributed by atoms with Gasteiger partial charge in [-0.2, -0.15) is 0 Å². The van der Waals surface area contributed by atoms with Crippen LogP contribution in [0.2, 0.25) is 0 Å². The highest BCUT2D eigenvalue weighted by Crippen LogP contribution is 2.42. The van der Waals surface area contributed by atoms with Crippen molar-refractivity contribution >= 4 is 40.6 Å². The fourth-order valence-electron chi connectivity index (χ4n) is 10.2. The summed E-state index contributed by atoms with van der Waals surface area (Å²) in [7, 11) is 5.07. The number of amides is 5. The molecular weight excluding hydrogens is 887 g/mol. The molecule has 16 nitrogen and oxygen atoms in total. The minimum Gasteiger partial charge on any atom is -0.464 e. The summed E-state index contributed by atoms with van der Waals surface area (Å²) in [4.78, 5) is 81.3. The number of carbonyl (C=O) groups is 5. The second-order valence-corrected chi connectivity index (χ2v) is 20.2. The van der Waals surface area contributed by atoms with Crippen LogP contribution in [0.3, 0.4) is 0 Å². The van der Waals surface area contributed by atoms with E-state index in [1.54, 1.807) is 37.2 Å². The number of nitrogens with zero attached hydrogens (tertiary/aromatic N) is 7. The monoisotopic (exact) mass is 960 g/mol. The van der Waals surface area contributed by atoms with Crippen molar-refractivity contribution in [3.63, 3.8) is 0 Å². The van der Waals surface area contributed by atoms with E-state index in [4.69, 9.17) is 14.5 Å². The number of urea groups is 1. The summed E-state index contributed by atoms with van der Waals surface area (Å²) in [5, 5.41) is 5.63. The predicted molar refractivity (Wildman–Crippen MR) is 271 cm³/mol. The summed E-state index contributed by atoms with van der Waals surface area (Å²) in [6.07, 6.45) is 4.61. The van der Waals surface area contributed by atoms with Crippen LogP contribution in [0, 0.1) is 11.3 Å². The number of cyclic esters (lactones) is 1. The van der Waals surface area contributed by atoms with Crippen LogP contribution >= 0.6 is 0 Å². The van der Waals surface area contributed by atoms with E-state index in [9.17, 15) is 24.0 Å². The maximum atomic E-state index is 14.8. The van der Waals surface area contributed by atoms with Crippen molar-refractivity contribution in [2.24, 2.45) is 11.3 Å². The Labute approximate surface area is 413 Å². The molecule has 16 heteroatoms. The minimum atomic E-state index is -1.04. The second-order valence-electron chi connectivity index (χ2n) is 20.2. The zero-order chi connectivity index (χ0) is 50.4. The lowest BCUT2D eigenvalue weighted by atomic mass is 9.84. The third-order valence-corrected chi connectivity index (χ3v) is 14.2. The van der Waals surface area contributed by atoms with Gasteiger partial charge in [-0.25, -0.2) is 10.2 Å². The van der Waals surface area contributed by atoms with Crippen molar-refractivity contribution in [1.29, 1.82) is 0 Å². The van der Waals surface area contributed by atoms with E-state index in [0.717, 1.165) is 50.1 Å². The zero-order valence-electron chi connectivity index (χ0n) is 42.6. The number of rotatable bonds is 12. The summed E-state index contributed by atoms with van der Waals surface area (Å²) in [5.41, 5.74) is 10.5. The first-order chi connectivity index (χ1) is 33.4. The zero-order valence-corrected chi connectivity index (χ0v) is 42.6. The number of methoxy groups -OCH3 is 1. The Morgan fingerprint density at radius 2 is 1.76 bits per heavy atom. The third-order valence-electron chi connectivity index (χ3n) is 14.2. The van der Waals surface area contributed by atoms with Crippen molar-refractivity contribution in [3.05, 3.63) is 90.3 Å². The maximum absolute atomic E-state index is 14.8. The van der Waals surface area contributed by atoms with Crippen molar-refractivity contribution in [1.82, 2.24) is 44.9 Å².